The molecule has 0 atom stereocenters. The SMILES string of the molecule is C=CCC=CCCC=CCCC=O. The smallest absolute Gasteiger partial charge is 0.120 e. The summed E-state index contributed by atoms with van der Waals surface area (Å²) < 4.78 is 0. The van der Waals surface area contributed by atoms with E-state index in [2.05, 4.69) is 30.9 Å². The quantitative estimate of drug-likeness (QED) is 0.316. The van der Waals surface area contributed by atoms with E-state index >= 15 is 0 Å². The zero-order valence-electron chi connectivity index (χ0n) is 8.11. The number of carbonyl (C=O) groups excluding carboxylic acids is 1. The van der Waals surface area contributed by atoms with Crippen molar-refractivity contribution < 1.29 is 4.79 Å². The molecule has 1 nitrogen and oxygen atoms in total. The third-order valence-corrected chi connectivity index (χ3v) is 1.59. The summed E-state index contributed by atoms with van der Waals surface area (Å²) in [7, 11) is 0. The second-order valence-electron chi connectivity index (χ2n) is 2.79. The van der Waals surface area contributed by atoms with Gasteiger partial charge in [-0.3, -0.25) is 0 Å². The molecule has 0 rings (SSSR count). The summed E-state index contributed by atoms with van der Waals surface area (Å²) in [5.74, 6) is 0. The molecule has 72 valence electrons. The molecule has 0 amide bonds. The Morgan fingerprint density at radius 2 is 1.38 bits per heavy atom. The molecule has 0 spiro atoms. The molecule has 0 N–H and O–H groups in total. The van der Waals surface area contributed by atoms with Crippen molar-refractivity contribution in [2.75, 3.05) is 0 Å². The Morgan fingerprint density at radius 3 is 1.92 bits per heavy atom. The molecule has 0 radical (unpaired) electrons. The van der Waals surface area contributed by atoms with Gasteiger partial charge in [-0.05, 0) is 25.7 Å². The summed E-state index contributed by atoms with van der Waals surface area (Å²) in [6, 6.07) is 0. The van der Waals surface area contributed by atoms with E-state index in [9.17, 15) is 4.79 Å². The maximum atomic E-state index is 9.96. The van der Waals surface area contributed by atoms with Crippen molar-refractivity contribution in [3.63, 3.8) is 0 Å². The van der Waals surface area contributed by atoms with Crippen LogP contribution in [0.15, 0.2) is 37.0 Å². The Hall–Kier alpha value is -1.11. The van der Waals surface area contributed by atoms with Gasteiger partial charge in [0, 0.05) is 6.42 Å². The monoisotopic (exact) mass is 178 g/mol. The minimum Gasteiger partial charge on any atom is -0.303 e. The van der Waals surface area contributed by atoms with Gasteiger partial charge in [-0.2, -0.15) is 0 Å². The molecule has 0 aliphatic carbocycles. The van der Waals surface area contributed by atoms with Gasteiger partial charge in [-0.15, -0.1) is 6.58 Å². The highest BCUT2D eigenvalue weighted by molar-refractivity contribution is 5.49. The van der Waals surface area contributed by atoms with Crippen molar-refractivity contribution in [1.82, 2.24) is 0 Å². The number of hydrogen-bond acceptors (Lipinski definition) is 1. The van der Waals surface area contributed by atoms with Crippen LogP contribution in [0.2, 0.25) is 0 Å². The minimum atomic E-state index is 0.642. The summed E-state index contributed by atoms with van der Waals surface area (Å²) in [5.41, 5.74) is 0. The van der Waals surface area contributed by atoms with Crippen LogP contribution in [0, 0.1) is 0 Å². The van der Waals surface area contributed by atoms with Crippen LogP contribution in [0.1, 0.15) is 32.1 Å². The lowest BCUT2D eigenvalue weighted by molar-refractivity contribution is -0.107. The second-order valence-corrected chi connectivity index (χ2v) is 2.79. The molecular weight excluding hydrogens is 160 g/mol. The summed E-state index contributed by atoms with van der Waals surface area (Å²) in [6.45, 7) is 3.63. The van der Waals surface area contributed by atoms with Gasteiger partial charge >= 0.3 is 0 Å². The predicted molar refractivity (Wildman–Crippen MR) is 57.6 cm³/mol. The molecule has 0 aliphatic heterocycles. The van der Waals surface area contributed by atoms with Crippen LogP contribution >= 0.6 is 0 Å². The fourth-order valence-electron chi connectivity index (χ4n) is 0.903. The molecule has 0 heterocycles. The maximum absolute atomic E-state index is 9.96. The molecule has 0 aromatic carbocycles. The summed E-state index contributed by atoms with van der Waals surface area (Å²) >= 11 is 0. The lowest BCUT2D eigenvalue weighted by atomic mass is 10.2. The fraction of sp³-hybridized carbons (Fsp3) is 0.417. The van der Waals surface area contributed by atoms with Crippen LogP contribution in [0.3, 0.4) is 0 Å². The van der Waals surface area contributed by atoms with E-state index in [1.54, 1.807) is 0 Å². The predicted octanol–water partition coefficient (Wildman–Crippen LogP) is 3.43. The highest BCUT2D eigenvalue weighted by Gasteiger charge is 1.78. The van der Waals surface area contributed by atoms with Crippen molar-refractivity contribution in [1.29, 1.82) is 0 Å². The Kier molecular flexibility index (Phi) is 9.96. The van der Waals surface area contributed by atoms with Gasteiger partial charge in [-0.1, -0.05) is 30.4 Å². The van der Waals surface area contributed by atoms with E-state index in [1.807, 2.05) is 6.08 Å². The van der Waals surface area contributed by atoms with E-state index in [1.165, 1.54) is 0 Å². The lowest BCUT2D eigenvalue weighted by Crippen LogP contribution is -1.71. The second kappa shape index (κ2) is 10.9. The Morgan fingerprint density at radius 1 is 0.846 bits per heavy atom. The Labute approximate surface area is 80.8 Å². The average Bonchev–Trinajstić information content (AvgIpc) is 2.16. The number of carbonyl (C=O) groups is 1. The zero-order chi connectivity index (χ0) is 9.78. The molecule has 0 bridgehead atoms. The topological polar surface area (TPSA) is 17.1 Å². The Bertz CT molecular complexity index is 178. The van der Waals surface area contributed by atoms with Gasteiger partial charge < -0.3 is 4.79 Å². The molecule has 0 fully saturated rings. The van der Waals surface area contributed by atoms with E-state index in [0.717, 1.165) is 32.0 Å². The normalized spacial score (nSPS) is 11.1. The van der Waals surface area contributed by atoms with Crippen molar-refractivity contribution >= 4 is 6.29 Å². The number of unbranched alkanes of at least 4 members (excludes halogenated alkanes) is 2. The first-order valence-corrected chi connectivity index (χ1v) is 4.76. The largest absolute Gasteiger partial charge is 0.303 e. The molecule has 0 saturated carbocycles. The molecule has 0 saturated heterocycles. The number of allylic oxidation sites excluding steroid dienone is 5. The highest BCUT2D eigenvalue weighted by Crippen LogP contribution is 1.96. The van der Waals surface area contributed by atoms with Crippen molar-refractivity contribution in [3.8, 4) is 0 Å². The van der Waals surface area contributed by atoms with Gasteiger partial charge in [0.15, 0.2) is 0 Å². The molecule has 0 unspecified atom stereocenters. The average molecular weight is 178 g/mol. The third kappa shape index (κ3) is 10.9. The van der Waals surface area contributed by atoms with Crippen LogP contribution in [0.25, 0.3) is 0 Å². The van der Waals surface area contributed by atoms with Gasteiger partial charge in [0.1, 0.15) is 6.29 Å². The fourth-order valence-corrected chi connectivity index (χ4v) is 0.903. The van der Waals surface area contributed by atoms with E-state index in [-0.39, 0.29) is 0 Å². The zero-order valence-corrected chi connectivity index (χ0v) is 8.11. The van der Waals surface area contributed by atoms with Gasteiger partial charge in [0.25, 0.3) is 0 Å². The number of hydrogen-bond donors (Lipinski definition) is 0. The van der Waals surface area contributed by atoms with Crippen molar-refractivity contribution in [2.24, 2.45) is 0 Å². The first-order valence-electron chi connectivity index (χ1n) is 4.76. The van der Waals surface area contributed by atoms with E-state index in [0.29, 0.717) is 6.42 Å². The van der Waals surface area contributed by atoms with Crippen molar-refractivity contribution in [3.05, 3.63) is 37.0 Å². The first-order chi connectivity index (χ1) is 6.41. The maximum Gasteiger partial charge on any atom is 0.120 e. The van der Waals surface area contributed by atoms with Crippen LogP contribution < -0.4 is 0 Å². The van der Waals surface area contributed by atoms with E-state index < -0.39 is 0 Å². The highest BCUT2D eigenvalue weighted by atomic mass is 16.1. The van der Waals surface area contributed by atoms with Gasteiger partial charge in [0.05, 0.1) is 0 Å². The molecule has 1 heteroatoms. The molecule has 0 aromatic heterocycles. The summed E-state index contributed by atoms with van der Waals surface area (Å²) in [6.07, 6.45) is 15.9. The van der Waals surface area contributed by atoms with Crippen LogP contribution in [-0.4, -0.2) is 6.29 Å². The number of rotatable bonds is 8. The minimum absolute atomic E-state index is 0.642. The van der Waals surface area contributed by atoms with Crippen LogP contribution in [0.4, 0.5) is 0 Å². The first kappa shape index (κ1) is 11.9. The third-order valence-electron chi connectivity index (χ3n) is 1.59. The Balaban J connectivity index is 3.18. The van der Waals surface area contributed by atoms with Crippen LogP contribution in [-0.2, 0) is 4.79 Å². The summed E-state index contributed by atoms with van der Waals surface area (Å²) in [4.78, 5) is 9.96. The molecular formula is C12H18O. The van der Waals surface area contributed by atoms with E-state index in [4.69, 9.17) is 0 Å². The molecule has 0 aliphatic rings. The number of aldehydes is 1. The van der Waals surface area contributed by atoms with Crippen molar-refractivity contribution in [2.45, 2.75) is 32.1 Å². The standard InChI is InChI=1S/C12H18O/c1-2-3-4-5-6-7-8-9-10-11-12-13/h2,4-5,8-9,12H,1,3,6-7,10-11H2. The molecule has 0 aromatic rings. The lowest BCUT2D eigenvalue weighted by Gasteiger charge is -1.86. The van der Waals surface area contributed by atoms with Crippen LogP contribution in [0.5, 0.6) is 0 Å². The van der Waals surface area contributed by atoms with Gasteiger partial charge in [-0.25, -0.2) is 0 Å². The van der Waals surface area contributed by atoms with Gasteiger partial charge in [0.2, 0.25) is 0 Å². The molecule has 13 heavy (non-hydrogen) atoms. The summed E-state index contributed by atoms with van der Waals surface area (Å²) in [5, 5.41) is 0.